The maximum Gasteiger partial charge on any atom is 0.251 e. The lowest BCUT2D eigenvalue weighted by Gasteiger charge is -2.07. The van der Waals surface area contributed by atoms with Gasteiger partial charge in [0.2, 0.25) is 0 Å². The van der Waals surface area contributed by atoms with E-state index in [9.17, 15) is 9.18 Å². The minimum Gasteiger partial charge on any atom is -0.352 e. The molecule has 3 nitrogen and oxygen atoms in total. The monoisotopic (exact) mass is 260 g/mol. The number of aryl methyl sites for hydroxylation is 1. The second kappa shape index (κ2) is 7.25. The molecule has 0 spiro atoms. The molecule has 0 aliphatic heterocycles. The molecule has 0 saturated heterocycles. The van der Waals surface area contributed by atoms with Gasteiger partial charge in [-0.15, -0.1) is 12.4 Å². The van der Waals surface area contributed by atoms with E-state index in [1.54, 1.807) is 13.0 Å². The van der Waals surface area contributed by atoms with Gasteiger partial charge in [-0.1, -0.05) is 0 Å². The van der Waals surface area contributed by atoms with Gasteiger partial charge >= 0.3 is 0 Å². The molecule has 0 fully saturated rings. The number of amides is 1. The molecule has 5 heteroatoms. The van der Waals surface area contributed by atoms with Gasteiger partial charge in [-0.3, -0.25) is 4.79 Å². The normalized spacial score (nSPS) is 11.5. The number of halogens is 2. The van der Waals surface area contributed by atoms with Crippen LogP contribution in [0.3, 0.4) is 0 Å². The Morgan fingerprint density at radius 2 is 2.12 bits per heavy atom. The number of carbonyl (C=O) groups excluding carboxylic acids is 1. The molecular weight excluding hydrogens is 243 g/mol. The molecule has 1 unspecified atom stereocenters. The third kappa shape index (κ3) is 5.65. The van der Waals surface area contributed by atoms with Crippen molar-refractivity contribution in [3.05, 3.63) is 35.1 Å². The van der Waals surface area contributed by atoms with Crippen LogP contribution >= 0.6 is 12.4 Å². The van der Waals surface area contributed by atoms with Crippen LogP contribution in [0.15, 0.2) is 18.2 Å². The van der Waals surface area contributed by atoms with Crippen molar-refractivity contribution in [2.75, 3.05) is 6.54 Å². The van der Waals surface area contributed by atoms with Gasteiger partial charge in [-0.25, -0.2) is 4.39 Å². The maximum absolute atomic E-state index is 13.0. The smallest absolute Gasteiger partial charge is 0.251 e. The van der Waals surface area contributed by atoms with Gasteiger partial charge in [0.25, 0.3) is 5.91 Å². The quantitative estimate of drug-likeness (QED) is 0.870. The van der Waals surface area contributed by atoms with Crippen molar-refractivity contribution in [2.45, 2.75) is 26.3 Å². The number of rotatable bonds is 4. The highest BCUT2D eigenvalue weighted by molar-refractivity contribution is 5.94. The van der Waals surface area contributed by atoms with Crippen molar-refractivity contribution in [1.29, 1.82) is 0 Å². The number of nitrogens with one attached hydrogen (secondary N) is 1. The fourth-order valence-corrected chi connectivity index (χ4v) is 1.38. The second-order valence-electron chi connectivity index (χ2n) is 4.04. The van der Waals surface area contributed by atoms with Crippen LogP contribution in [0.5, 0.6) is 0 Å². The molecule has 1 amide bonds. The van der Waals surface area contributed by atoms with Gasteiger partial charge in [-0.05, 0) is 44.0 Å². The topological polar surface area (TPSA) is 55.1 Å². The first-order valence-corrected chi connectivity index (χ1v) is 5.30. The molecule has 0 radical (unpaired) electrons. The van der Waals surface area contributed by atoms with Crippen molar-refractivity contribution in [2.24, 2.45) is 5.73 Å². The van der Waals surface area contributed by atoms with Crippen LogP contribution in [-0.2, 0) is 0 Å². The SMILES string of the molecule is Cc1cc(F)cc(C(=O)NCCC(C)N)c1.Cl. The number of benzene rings is 1. The summed E-state index contributed by atoms with van der Waals surface area (Å²) in [6.45, 7) is 4.13. The number of carbonyl (C=O) groups is 1. The molecule has 0 bridgehead atoms. The molecule has 1 aromatic rings. The summed E-state index contributed by atoms with van der Waals surface area (Å²) < 4.78 is 13.0. The van der Waals surface area contributed by atoms with E-state index in [1.165, 1.54) is 12.1 Å². The summed E-state index contributed by atoms with van der Waals surface area (Å²) in [6.07, 6.45) is 0.708. The predicted octanol–water partition coefficient (Wildman–Crippen LogP) is 2.02. The minimum absolute atomic E-state index is 0. The van der Waals surface area contributed by atoms with Crippen LogP contribution in [0.2, 0.25) is 0 Å². The van der Waals surface area contributed by atoms with Crippen LogP contribution in [0, 0.1) is 12.7 Å². The summed E-state index contributed by atoms with van der Waals surface area (Å²) >= 11 is 0. The second-order valence-corrected chi connectivity index (χ2v) is 4.04. The molecule has 3 N–H and O–H groups in total. The summed E-state index contributed by atoms with van der Waals surface area (Å²) in [5.41, 5.74) is 6.64. The minimum atomic E-state index is -0.391. The van der Waals surface area contributed by atoms with Crippen molar-refractivity contribution in [1.82, 2.24) is 5.32 Å². The standard InChI is InChI=1S/C12H17FN2O.ClH/c1-8-5-10(7-11(13)6-8)12(16)15-4-3-9(2)14;/h5-7,9H,3-4,14H2,1-2H3,(H,15,16);1H. The van der Waals surface area contributed by atoms with Crippen molar-refractivity contribution < 1.29 is 9.18 Å². The van der Waals surface area contributed by atoms with Crippen LogP contribution in [0.4, 0.5) is 4.39 Å². The zero-order valence-electron chi connectivity index (χ0n) is 10.00. The Kier molecular flexibility index (Phi) is 6.76. The van der Waals surface area contributed by atoms with Gasteiger partial charge in [0.05, 0.1) is 0 Å². The molecule has 96 valence electrons. The van der Waals surface area contributed by atoms with E-state index >= 15 is 0 Å². The number of hydrogen-bond donors (Lipinski definition) is 2. The van der Waals surface area contributed by atoms with E-state index in [4.69, 9.17) is 5.73 Å². The lowest BCUT2D eigenvalue weighted by Crippen LogP contribution is -2.29. The number of nitrogens with two attached hydrogens (primary N) is 1. The highest BCUT2D eigenvalue weighted by atomic mass is 35.5. The van der Waals surface area contributed by atoms with Gasteiger partial charge in [0, 0.05) is 18.2 Å². The van der Waals surface area contributed by atoms with Crippen LogP contribution in [-0.4, -0.2) is 18.5 Å². The molecule has 1 aromatic carbocycles. The Morgan fingerprint density at radius 1 is 1.47 bits per heavy atom. The fourth-order valence-electron chi connectivity index (χ4n) is 1.38. The van der Waals surface area contributed by atoms with Crippen LogP contribution in [0.25, 0.3) is 0 Å². The van der Waals surface area contributed by atoms with Crippen molar-refractivity contribution in [3.8, 4) is 0 Å². The zero-order valence-corrected chi connectivity index (χ0v) is 10.8. The molecule has 0 aliphatic rings. The predicted molar refractivity (Wildman–Crippen MR) is 69.0 cm³/mol. The Balaban J connectivity index is 0.00000256. The largest absolute Gasteiger partial charge is 0.352 e. The van der Waals surface area contributed by atoms with E-state index in [1.807, 2.05) is 6.92 Å². The first-order chi connectivity index (χ1) is 7.49. The Bertz CT molecular complexity index is 363. The summed E-state index contributed by atoms with van der Waals surface area (Å²) in [6, 6.07) is 4.33. The van der Waals surface area contributed by atoms with Crippen molar-refractivity contribution >= 4 is 18.3 Å². The zero-order chi connectivity index (χ0) is 12.1. The Hall–Kier alpha value is -1.13. The van der Waals surface area contributed by atoms with Gasteiger partial charge < -0.3 is 11.1 Å². The lowest BCUT2D eigenvalue weighted by atomic mass is 10.1. The first-order valence-electron chi connectivity index (χ1n) is 5.30. The van der Waals surface area contributed by atoms with Gasteiger partial charge in [0.15, 0.2) is 0 Å². The summed E-state index contributed by atoms with van der Waals surface area (Å²) in [7, 11) is 0. The maximum atomic E-state index is 13.0. The molecule has 0 aromatic heterocycles. The molecular formula is C12H18ClFN2O. The first kappa shape index (κ1) is 15.9. The number of hydrogen-bond acceptors (Lipinski definition) is 2. The molecule has 0 heterocycles. The van der Waals surface area contributed by atoms with E-state index in [0.29, 0.717) is 18.5 Å². The summed E-state index contributed by atoms with van der Waals surface area (Å²) in [5, 5.41) is 2.70. The third-order valence-corrected chi connectivity index (χ3v) is 2.19. The molecule has 1 atom stereocenters. The van der Waals surface area contributed by atoms with E-state index in [0.717, 1.165) is 5.56 Å². The molecule has 0 saturated carbocycles. The van der Waals surface area contributed by atoms with E-state index in [2.05, 4.69) is 5.32 Å². The Labute approximate surface area is 107 Å². The Morgan fingerprint density at radius 3 is 2.65 bits per heavy atom. The van der Waals surface area contributed by atoms with Gasteiger partial charge in [-0.2, -0.15) is 0 Å². The highest BCUT2D eigenvalue weighted by Gasteiger charge is 2.07. The average Bonchev–Trinajstić information content (AvgIpc) is 2.15. The molecule has 1 rings (SSSR count). The highest BCUT2D eigenvalue weighted by Crippen LogP contribution is 2.08. The fraction of sp³-hybridized carbons (Fsp3) is 0.417. The van der Waals surface area contributed by atoms with E-state index in [-0.39, 0.29) is 24.4 Å². The average molecular weight is 261 g/mol. The van der Waals surface area contributed by atoms with Crippen LogP contribution < -0.4 is 11.1 Å². The molecule has 17 heavy (non-hydrogen) atoms. The molecule has 0 aliphatic carbocycles. The van der Waals surface area contributed by atoms with Crippen molar-refractivity contribution in [3.63, 3.8) is 0 Å². The summed E-state index contributed by atoms with van der Waals surface area (Å²) in [5.74, 6) is -0.652. The third-order valence-electron chi connectivity index (χ3n) is 2.19. The van der Waals surface area contributed by atoms with Gasteiger partial charge in [0.1, 0.15) is 5.82 Å². The van der Waals surface area contributed by atoms with Crippen LogP contribution in [0.1, 0.15) is 29.3 Å². The van der Waals surface area contributed by atoms with E-state index < -0.39 is 5.82 Å². The summed E-state index contributed by atoms with van der Waals surface area (Å²) in [4.78, 5) is 11.6. The lowest BCUT2D eigenvalue weighted by molar-refractivity contribution is 0.0952.